The molecule has 31 heavy (non-hydrogen) atoms. The van der Waals surface area contributed by atoms with E-state index in [1.807, 2.05) is 0 Å². The summed E-state index contributed by atoms with van der Waals surface area (Å²) in [5.74, 6) is -5.09. The maximum atomic E-state index is 12.7. The number of nitrogens with two attached hydrogens (primary N) is 2. The summed E-state index contributed by atoms with van der Waals surface area (Å²) >= 11 is 0. The minimum Gasteiger partial charge on any atom is -0.480 e. The molecule has 0 heterocycles. The van der Waals surface area contributed by atoms with Crippen molar-refractivity contribution >= 4 is 29.6 Å². The van der Waals surface area contributed by atoms with Crippen LogP contribution in [0.5, 0.6) is 0 Å². The minimum atomic E-state index is -1.44. The van der Waals surface area contributed by atoms with Gasteiger partial charge in [-0.05, 0) is 25.2 Å². The summed E-state index contributed by atoms with van der Waals surface area (Å²) < 4.78 is 0. The van der Waals surface area contributed by atoms with Gasteiger partial charge in [-0.15, -0.1) is 0 Å². The molecule has 0 saturated heterocycles. The number of carboxylic acid groups (broad SMARTS) is 1. The molecular formula is C19H35N5O7. The summed E-state index contributed by atoms with van der Waals surface area (Å²) in [6.07, 6.45) is -1.59. The van der Waals surface area contributed by atoms with Crippen molar-refractivity contribution in [3.8, 4) is 0 Å². The van der Waals surface area contributed by atoms with Gasteiger partial charge in [0.15, 0.2) is 0 Å². The number of aliphatic carboxylic acids is 1. The lowest BCUT2D eigenvalue weighted by atomic mass is 10.0. The van der Waals surface area contributed by atoms with Crippen LogP contribution in [0.2, 0.25) is 0 Å². The first-order valence-electron chi connectivity index (χ1n) is 10.0. The second-order valence-electron chi connectivity index (χ2n) is 8.26. The van der Waals surface area contributed by atoms with Gasteiger partial charge >= 0.3 is 5.97 Å². The van der Waals surface area contributed by atoms with Gasteiger partial charge in [0, 0.05) is 0 Å². The van der Waals surface area contributed by atoms with Crippen LogP contribution in [0.25, 0.3) is 0 Å². The average molecular weight is 446 g/mol. The molecule has 5 atom stereocenters. The van der Waals surface area contributed by atoms with Crippen molar-refractivity contribution in [2.45, 2.75) is 77.7 Å². The smallest absolute Gasteiger partial charge is 0.326 e. The van der Waals surface area contributed by atoms with Crippen LogP contribution in [-0.2, 0) is 24.0 Å². The second kappa shape index (κ2) is 12.8. The molecule has 0 spiro atoms. The van der Waals surface area contributed by atoms with Gasteiger partial charge in [0.1, 0.15) is 24.2 Å². The Morgan fingerprint density at radius 1 is 0.839 bits per heavy atom. The molecule has 0 fully saturated rings. The number of carbonyl (C=O) groups is 5. The molecule has 0 bridgehead atoms. The first kappa shape index (κ1) is 28.3. The Balaban J connectivity index is 5.47. The number of hydrogen-bond donors (Lipinski definition) is 7. The van der Waals surface area contributed by atoms with E-state index in [9.17, 15) is 34.2 Å². The fourth-order valence-electron chi connectivity index (χ4n) is 2.64. The Morgan fingerprint density at radius 2 is 1.35 bits per heavy atom. The quantitative estimate of drug-likeness (QED) is 0.165. The Kier molecular flexibility index (Phi) is 11.7. The number of aliphatic hydroxyl groups excluding tert-OH is 1. The molecule has 0 radical (unpaired) electrons. The fraction of sp³-hybridized carbons (Fsp3) is 0.737. The standard InChI is InChI=1S/C19H35N5O7/c1-8(2)6-12(19(30)31)23-16(27)11(7-13(20)26)22-18(29)15(9(3)4)24-17(28)14(21)10(5)25/h8-12,14-15,25H,6-7,21H2,1-5H3,(H2,20,26)(H,22,29)(H,23,27)(H,24,28)(H,30,31). The largest absolute Gasteiger partial charge is 0.480 e. The molecular weight excluding hydrogens is 410 g/mol. The number of hydrogen-bond acceptors (Lipinski definition) is 7. The third-order valence-corrected chi connectivity index (χ3v) is 4.43. The maximum Gasteiger partial charge on any atom is 0.326 e. The monoisotopic (exact) mass is 445 g/mol. The number of carbonyl (C=O) groups excluding carboxylic acids is 4. The number of primary amides is 1. The van der Waals surface area contributed by atoms with Crippen LogP contribution in [-0.4, -0.2) is 70.1 Å². The van der Waals surface area contributed by atoms with E-state index >= 15 is 0 Å². The zero-order chi connectivity index (χ0) is 24.5. The highest BCUT2D eigenvalue weighted by atomic mass is 16.4. The Hall–Kier alpha value is -2.73. The first-order chi connectivity index (χ1) is 14.2. The molecule has 0 aliphatic heterocycles. The second-order valence-corrected chi connectivity index (χ2v) is 8.26. The van der Waals surface area contributed by atoms with Crippen molar-refractivity contribution in [1.29, 1.82) is 0 Å². The van der Waals surface area contributed by atoms with E-state index < -0.39 is 72.2 Å². The molecule has 0 aromatic rings. The lowest BCUT2D eigenvalue weighted by Crippen LogP contribution is -2.59. The van der Waals surface area contributed by atoms with Gasteiger partial charge in [0.05, 0.1) is 12.5 Å². The lowest BCUT2D eigenvalue weighted by molar-refractivity contribution is -0.143. The first-order valence-corrected chi connectivity index (χ1v) is 10.0. The molecule has 0 aromatic carbocycles. The zero-order valence-corrected chi connectivity index (χ0v) is 18.5. The van der Waals surface area contributed by atoms with E-state index in [4.69, 9.17) is 11.5 Å². The molecule has 178 valence electrons. The van der Waals surface area contributed by atoms with Gasteiger partial charge in [-0.3, -0.25) is 19.2 Å². The number of aliphatic hydroxyl groups is 1. The molecule has 0 saturated carbocycles. The van der Waals surface area contributed by atoms with Crippen molar-refractivity contribution in [2.75, 3.05) is 0 Å². The number of amides is 4. The third kappa shape index (κ3) is 10.2. The number of carboxylic acids is 1. The summed E-state index contributed by atoms with van der Waals surface area (Å²) in [4.78, 5) is 60.2. The fourth-order valence-corrected chi connectivity index (χ4v) is 2.64. The van der Waals surface area contributed by atoms with Gasteiger partial charge in [-0.2, -0.15) is 0 Å². The SMILES string of the molecule is CC(C)CC(NC(=O)C(CC(N)=O)NC(=O)C(NC(=O)C(N)C(C)O)C(C)C)C(=O)O. The van der Waals surface area contributed by atoms with Crippen LogP contribution in [0.3, 0.4) is 0 Å². The molecule has 9 N–H and O–H groups in total. The number of nitrogens with one attached hydrogen (secondary N) is 3. The summed E-state index contributed by atoms with van der Waals surface area (Å²) in [7, 11) is 0. The maximum absolute atomic E-state index is 12.7. The molecule has 0 rings (SSSR count). The molecule has 4 amide bonds. The highest BCUT2D eigenvalue weighted by molar-refractivity contribution is 5.96. The molecule has 0 aliphatic rings. The van der Waals surface area contributed by atoms with Crippen molar-refractivity contribution < 1.29 is 34.2 Å². The van der Waals surface area contributed by atoms with E-state index in [1.165, 1.54) is 6.92 Å². The highest BCUT2D eigenvalue weighted by Crippen LogP contribution is 2.08. The summed E-state index contributed by atoms with van der Waals surface area (Å²) in [6, 6.07) is -5.07. The van der Waals surface area contributed by atoms with E-state index in [2.05, 4.69) is 16.0 Å². The topological polar surface area (TPSA) is 214 Å². The average Bonchev–Trinajstić information content (AvgIpc) is 2.62. The van der Waals surface area contributed by atoms with Crippen LogP contribution in [0, 0.1) is 11.8 Å². The Labute approximate surface area is 181 Å². The molecule has 5 unspecified atom stereocenters. The Morgan fingerprint density at radius 3 is 1.74 bits per heavy atom. The lowest BCUT2D eigenvalue weighted by Gasteiger charge is -2.27. The van der Waals surface area contributed by atoms with Gasteiger partial charge in [-0.1, -0.05) is 27.7 Å². The van der Waals surface area contributed by atoms with Gasteiger partial charge in [0.2, 0.25) is 23.6 Å². The highest BCUT2D eigenvalue weighted by Gasteiger charge is 2.33. The van der Waals surface area contributed by atoms with Crippen molar-refractivity contribution in [1.82, 2.24) is 16.0 Å². The Bertz CT molecular complexity index is 666. The van der Waals surface area contributed by atoms with Gasteiger partial charge in [0.25, 0.3) is 0 Å². The predicted molar refractivity (Wildman–Crippen MR) is 111 cm³/mol. The minimum absolute atomic E-state index is 0.0377. The molecule has 0 aromatic heterocycles. The van der Waals surface area contributed by atoms with Crippen LogP contribution in [0.1, 0.15) is 47.5 Å². The zero-order valence-electron chi connectivity index (χ0n) is 18.5. The molecule has 12 nitrogen and oxygen atoms in total. The molecule has 0 aliphatic carbocycles. The third-order valence-electron chi connectivity index (χ3n) is 4.43. The predicted octanol–water partition coefficient (Wildman–Crippen LogP) is -2.19. The summed E-state index contributed by atoms with van der Waals surface area (Å²) in [6.45, 7) is 8.13. The summed E-state index contributed by atoms with van der Waals surface area (Å²) in [5, 5.41) is 25.8. The van der Waals surface area contributed by atoms with E-state index in [-0.39, 0.29) is 12.3 Å². The van der Waals surface area contributed by atoms with Gasteiger partial charge in [-0.25, -0.2) is 4.79 Å². The van der Waals surface area contributed by atoms with Gasteiger partial charge < -0.3 is 37.6 Å². The van der Waals surface area contributed by atoms with Crippen LogP contribution in [0.15, 0.2) is 0 Å². The van der Waals surface area contributed by atoms with Crippen molar-refractivity contribution in [3.63, 3.8) is 0 Å². The van der Waals surface area contributed by atoms with Crippen LogP contribution in [0.4, 0.5) is 0 Å². The van der Waals surface area contributed by atoms with Crippen LogP contribution >= 0.6 is 0 Å². The van der Waals surface area contributed by atoms with Crippen LogP contribution < -0.4 is 27.4 Å². The van der Waals surface area contributed by atoms with E-state index in [0.717, 1.165) is 0 Å². The normalized spacial score (nSPS) is 16.0. The van der Waals surface area contributed by atoms with Crippen molar-refractivity contribution in [2.24, 2.45) is 23.3 Å². The van der Waals surface area contributed by atoms with E-state index in [0.29, 0.717) is 0 Å². The molecule has 12 heteroatoms. The number of rotatable bonds is 13. The van der Waals surface area contributed by atoms with Crippen molar-refractivity contribution in [3.05, 3.63) is 0 Å². The van der Waals surface area contributed by atoms with E-state index in [1.54, 1.807) is 27.7 Å². The summed E-state index contributed by atoms with van der Waals surface area (Å²) in [5.41, 5.74) is 10.7.